The summed E-state index contributed by atoms with van der Waals surface area (Å²) in [5, 5.41) is 3.94. The number of nitrogens with zero attached hydrogens (tertiary/aromatic N) is 1. The number of amides is 1. The van der Waals surface area contributed by atoms with Crippen LogP contribution in [0.5, 0.6) is 0 Å². The van der Waals surface area contributed by atoms with Gasteiger partial charge in [-0.05, 0) is 37.8 Å². The van der Waals surface area contributed by atoms with Crippen LogP contribution in [0.4, 0.5) is 0 Å². The molecule has 0 saturated heterocycles. The Kier molecular flexibility index (Phi) is 6.19. The normalized spacial score (nSPS) is 12.2. The van der Waals surface area contributed by atoms with Gasteiger partial charge >= 0.3 is 0 Å². The molecule has 1 amide bonds. The van der Waals surface area contributed by atoms with E-state index in [0.29, 0.717) is 11.5 Å². The summed E-state index contributed by atoms with van der Waals surface area (Å²) in [5.74, 6) is 0.650. The highest BCUT2D eigenvalue weighted by Crippen LogP contribution is 2.07. The minimum absolute atomic E-state index is 0.0120. The first-order valence-electron chi connectivity index (χ1n) is 5.90. The third-order valence-electron chi connectivity index (χ3n) is 2.58. The number of carbonyl (C=O) groups is 1. The Morgan fingerprint density at radius 3 is 3.00 bits per heavy atom. The quantitative estimate of drug-likeness (QED) is 0.648. The Labute approximate surface area is 111 Å². The molecule has 0 aliphatic rings. The Bertz CT molecular complexity index is 368. The third-order valence-corrected chi connectivity index (χ3v) is 3.69. The van der Waals surface area contributed by atoms with Crippen LogP contribution in [0.3, 0.4) is 0 Å². The van der Waals surface area contributed by atoms with Gasteiger partial charge in [0.25, 0.3) is 5.91 Å². The molecule has 17 heavy (non-hydrogen) atoms. The van der Waals surface area contributed by atoms with E-state index in [4.69, 9.17) is 0 Å². The van der Waals surface area contributed by atoms with E-state index in [1.54, 1.807) is 18.3 Å². The van der Waals surface area contributed by atoms with Crippen molar-refractivity contribution in [2.45, 2.75) is 26.7 Å². The molecule has 0 bridgehead atoms. The molecule has 0 aliphatic heterocycles. The molecule has 1 atom stereocenters. The number of pyridine rings is 1. The molecule has 0 saturated carbocycles. The highest BCUT2D eigenvalue weighted by atomic mass is 79.9. The van der Waals surface area contributed by atoms with Gasteiger partial charge in [0.15, 0.2) is 0 Å². The maximum atomic E-state index is 11.8. The fourth-order valence-corrected chi connectivity index (χ4v) is 1.84. The van der Waals surface area contributed by atoms with Gasteiger partial charge in [-0.3, -0.25) is 9.78 Å². The smallest absolute Gasteiger partial charge is 0.251 e. The molecule has 1 aromatic rings. The molecule has 3 nitrogen and oxygen atoms in total. The molecule has 0 aromatic carbocycles. The standard InChI is InChI=1S/C13H19BrN2O/c1-10(9-14)4-3-6-16-13(17)12-5-7-15-11(2)8-12/h5,7-8,10H,3-4,6,9H2,1-2H3,(H,16,17). The fraction of sp³-hybridized carbons (Fsp3) is 0.538. The molecule has 0 radical (unpaired) electrons. The summed E-state index contributed by atoms with van der Waals surface area (Å²) in [5.41, 5.74) is 1.55. The average molecular weight is 299 g/mol. The van der Waals surface area contributed by atoms with Crippen LogP contribution in [-0.4, -0.2) is 22.8 Å². The van der Waals surface area contributed by atoms with Gasteiger partial charge in [0, 0.05) is 29.3 Å². The summed E-state index contributed by atoms with van der Waals surface area (Å²) in [6.45, 7) is 4.81. The lowest BCUT2D eigenvalue weighted by Crippen LogP contribution is -2.24. The number of hydrogen-bond acceptors (Lipinski definition) is 2. The molecule has 1 aromatic heterocycles. The maximum absolute atomic E-state index is 11.8. The van der Waals surface area contributed by atoms with E-state index in [0.717, 1.165) is 30.4 Å². The zero-order valence-corrected chi connectivity index (χ0v) is 12.0. The molecule has 4 heteroatoms. The van der Waals surface area contributed by atoms with Crippen LogP contribution in [0, 0.1) is 12.8 Å². The van der Waals surface area contributed by atoms with E-state index in [9.17, 15) is 4.79 Å². The van der Waals surface area contributed by atoms with Crippen LogP contribution in [0.1, 0.15) is 35.8 Å². The Morgan fingerprint density at radius 2 is 2.35 bits per heavy atom. The number of rotatable bonds is 6. The van der Waals surface area contributed by atoms with E-state index in [-0.39, 0.29) is 5.91 Å². The SMILES string of the molecule is Cc1cc(C(=O)NCCCC(C)CBr)ccn1. The minimum atomic E-state index is -0.0120. The van der Waals surface area contributed by atoms with Gasteiger partial charge in [-0.15, -0.1) is 0 Å². The number of halogens is 1. The number of aryl methyl sites for hydroxylation is 1. The largest absolute Gasteiger partial charge is 0.352 e. The second kappa shape index (κ2) is 7.43. The van der Waals surface area contributed by atoms with E-state index in [2.05, 4.69) is 33.2 Å². The highest BCUT2D eigenvalue weighted by molar-refractivity contribution is 9.09. The summed E-state index contributed by atoms with van der Waals surface area (Å²) in [4.78, 5) is 15.8. The van der Waals surface area contributed by atoms with Crippen molar-refractivity contribution in [3.63, 3.8) is 0 Å². The van der Waals surface area contributed by atoms with Crippen LogP contribution in [0.2, 0.25) is 0 Å². The minimum Gasteiger partial charge on any atom is -0.352 e. The number of alkyl halides is 1. The summed E-state index contributed by atoms with van der Waals surface area (Å²) in [6.07, 6.45) is 3.81. The predicted molar refractivity (Wildman–Crippen MR) is 73.5 cm³/mol. The van der Waals surface area contributed by atoms with Gasteiger partial charge in [0.05, 0.1) is 0 Å². The van der Waals surface area contributed by atoms with Crippen molar-refractivity contribution < 1.29 is 4.79 Å². The first kappa shape index (κ1) is 14.2. The maximum Gasteiger partial charge on any atom is 0.251 e. The van der Waals surface area contributed by atoms with Gasteiger partial charge in [-0.1, -0.05) is 22.9 Å². The Hall–Kier alpha value is -0.900. The Balaban J connectivity index is 2.30. The van der Waals surface area contributed by atoms with E-state index < -0.39 is 0 Å². The van der Waals surface area contributed by atoms with Crippen LogP contribution in [-0.2, 0) is 0 Å². The topological polar surface area (TPSA) is 42.0 Å². The molecular formula is C13H19BrN2O. The molecule has 1 heterocycles. The lowest BCUT2D eigenvalue weighted by Gasteiger charge is -2.08. The first-order chi connectivity index (χ1) is 8.13. The molecule has 1 rings (SSSR count). The van der Waals surface area contributed by atoms with Crippen molar-refractivity contribution in [2.24, 2.45) is 5.92 Å². The zero-order valence-electron chi connectivity index (χ0n) is 10.4. The predicted octanol–water partition coefficient (Wildman–Crippen LogP) is 2.93. The lowest BCUT2D eigenvalue weighted by atomic mass is 10.1. The molecule has 0 aliphatic carbocycles. The molecule has 0 spiro atoms. The number of hydrogen-bond donors (Lipinski definition) is 1. The van der Waals surface area contributed by atoms with Crippen molar-refractivity contribution in [1.82, 2.24) is 10.3 Å². The average Bonchev–Trinajstić information content (AvgIpc) is 2.34. The van der Waals surface area contributed by atoms with Crippen molar-refractivity contribution in [3.05, 3.63) is 29.6 Å². The summed E-state index contributed by atoms with van der Waals surface area (Å²) >= 11 is 3.45. The second-order valence-electron chi connectivity index (χ2n) is 4.34. The lowest BCUT2D eigenvalue weighted by molar-refractivity contribution is 0.0952. The molecular weight excluding hydrogens is 280 g/mol. The number of nitrogens with one attached hydrogen (secondary N) is 1. The monoisotopic (exact) mass is 298 g/mol. The van der Waals surface area contributed by atoms with E-state index >= 15 is 0 Å². The van der Waals surface area contributed by atoms with Gasteiger partial charge in [-0.2, -0.15) is 0 Å². The van der Waals surface area contributed by atoms with Gasteiger partial charge in [0.2, 0.25) is 0 Å². The van der Waals surface area contributed by atoms with E-state index in [1.807, 2.05) is 6.92 Å². The van der Waals surface area contributed by atoms with Crippen molar-refractivity contribution in [2.75, 3.05) is 11.9 Å². The first-order valence-corrected chi connectivity index (χ1v) is 7.02. The van der Waals surface area contributed by atoms with Crippen LogP contribution >= 0.6 is 15.9 Å². The number of aromatic nitrogens is 1. The van der Waals surface area contributed by atoms with Crippen molar-refractivity contribution >= 4 is 21.8 Å². The molecule has 94 valence electrons. The molecule has 1 unspecified atom stereocenters. The van der Waals surface area contributed by atoms with Crippen LogP contribution < -0.4 is 5.32 Å². The summed E-state index contributed by atoms with van der Waals surface area (Å²) < 4.78 is 0. The second-order valence-corrected chi connectivity index (χ2v) is 4.99. The zero-order chi connectivity index (χ0) is 12.7. The van der Waals surface area contributed by atoms with Gasteiger partial charge in [-0.25, -0.2) is 0 Å². The van der Waals surface area contributed by atoms with Gasteiger partial charge in [0.1, 0.15) is 0 Å². The Morgan fingerprint density at radius 1 is 1.59 bits per heavy atom. The third kappa shape index (κ3) is 5.31. The fourth-order valence-electron chi connectivity index (χ4n) is 1.52. The van der Waals surface area contributed by atoms with Crippen molar-refractivity contribution in [1.29, 1.82) is 0 Å². The van der Waals surface area contributed by atoms with Crippen LogP contribution in [0.15, 0.2) is 18.3 Å². The van der Waals surface area contributed by atoms with Gasteiger partial charge < -0.3 is 5.32 Å². The van der Waals surface area contributed by atoms with Crippen LogP contribution in [0.25, 0.3) is 0 Å². The summed E-state index contributed by atoms with van der Waals surface area (Å²) in [6, 6.07) is 3.54. The highest BCUT2D eigenvalue weighted by Gasteiger charge is 2.05. The van der Waals surface area contributed by atoms with E-state index in [1.165, 1.54) is 0 Å². The summed E-state index contributed by atoms with van der Waals surface area (Å²) in [7, 11) is 0. The molecule has 1 N–H and O–H groups in total. The number of carbonyl (C=O) groups excluding carboxylic acids is 1. The van der Waals surface area contributed by atoms with Crippen molar-refractivity contribution in [3.8, 4) is 0 Å². The molecule has 0 fully saturated rings.